The number of nitrogens with one attached hydrogen (secondary N) is 2. The molecule has 1 aromatic rings. The van der Waals surface area contributed by atoms with Crippen molar-refractivity contribution < 1.29 is 14.3 Å². The van der Waals surface area contributed by atoms with Gasteiger partial charge in [-0.05, 0) is 37.8 Å². The van der Waals surface area contributed by atoms with Gasteiger partial charge in [-0.2, -0.15) is 0 Å². The zero-order chi connectivity index (χ0) is 22.0. The van der Waals surface area contributed by atoms with Crippen LogP contribution in [-0.4, -0.2) is 37.6 Å². The highest BCUT2D eigenvalue weighted by Crippen LogP contribution is 2.10. The summed E-state index contributed by atoms with van der Waals surface area (Å²) in [6.07, 6.45) is 7.12. The van der Waals surface area contributed by atoms with E-state index in [1.165, 1.54) is 0 Å². The summed E-state index contributed by atoms with van der Waals surface area (Å²) < 4.78 is 5.65. The Bertz CT molecular complexity index is 580. The first-order valence-electron chi connectivity index (χ1n) is 11.5. The zero-order valence-electron chi connectivity index (χ0n) is 18.8. The summed E-state index contributed by atoms with van der Waals surface area (Å²) in [5.41, 5.74) is 6.66. The van der Waals surface area contributed by atoms with Crippen LogP contribution >= 0.6 is 0 Å². The summed E-state index contributed by atoms with van der Waals surface area (Å²) in [7, 11) is 0. The van der Waals surface area contributed by atoms with Crippen LogP contribution in [0.15, 0.2) is 30.3 Å². The number of benzene rings is 1. The second-order valence-corrected chi connectivity index (χ2v) is 7.93. The summed E-state index contributed by atoms with van der Waals surface area (Å²) in [5, 5.41) is 5.92. The van der Waals surface area contributed by atoms with Crippen LogP contribution < -0.4 is 16.4 Å². The summed E-state index contributed by atoms with van der Waals surface area (Å²) in [6, 6.07) is 9.56. The molecule has 170 valence electrons. The fraction of sp³-hybridized carbons (Fsp3) is 0.667. The van der Waals surface area contributed by atoms with Crippen LogP contribution in [0.5, 0.6) is 0 Å². The molecule has 2 atom stereocenters. The van der Waals surface area contributed by atoms with Gasteiger partial charge in [0, 0.05) is 19.1 Å². The van der Waals surface area contributed by atoms with E-state index in [-0.39, 0.29) is 17.7 Å². The maximum absolute atomic E-state index is 12.6. The van der Waals surface area contributed by atoms with E-state index in [0.29, 0.717) is 32.7 Å². The molecule has 0 heterocycles. The van der Waals surface area contributed by atoms with Crippen LogP contribution in [0.4, 0.5) is 0 Å². The van der Waals surface area contributed by atoms with Crippen molar-refractivity contribution in [1.29, 1.82) is 0 Å². The van der Waals surface area contributed by atoms with Crippen LogP contribution in [0.1, 0.15) is 70.8 Å². The third kappa shape index (κ3) is 11.9. The molecule has 0 radical (unpaired) electrons. The molecule has 0 fully saturated rings. The van der Waals surface area contributed by atoms with Crippen molar-refractivity contribution in [3.05, 3.63) is 35.9 Å². The first-order chi connectivity index (χ1) is 14.6. The van der Waals surface area contributed by atoms with Crippen molar-refractivity contribution >= 4 is 11.8 Å². The Morgan fingerprint density at radius 3 is 2.43 bits per heavy atom. The molecule has 0 unspecified atom stereocenters. The Morgan fingerprint density at radius 1 is 1.00 bits per heavy atom. The lowest BCUT2D eigenvalue weighted by molar-refractivity contribution is -0.131. The second kappa shape index (κ2) is 16.8. The molecule has 0 bridgehead atoms. The number of hydrogen-bond acceptors (Lipinski definition) is 4. The van der Waals surface area contributed by atoms with Crippen LogP contribution in [0.2, 0.25) is 0 Å². The van der Waals surface area contributed by atoms with E-state index in [2.05, 4.69) is 17.6 Å². The molecule has 1 rings (SSSR count). The van der Waals surface area contributed by atoms with Crippen molar-refractivity contribution in [1.82, 2.24) is 10.6 Å². The minimum Gasteiger partial charge on any atom is -0.377 e. The minimum atomic E-state index is -0.466. The molecule has 1 aromatic carbocycles. The molecular weight excluding hydrogens is 378 g/mol. The Hall–Kier alpha value is -1.92. The molecule has 0 aliphatic carbocycles. The summed E-state index contributed by atoms with van der Waals surface area (Å²) >= 11 is 0. The van der Waals surface area contributed by atoms with Gasteiger partial charge in [-0.3, -0.25) is 9.59 Å². The predicted molar refractivity (Wildman–Crippen MR) is 122 cm³/mol. The van der Waals surface area contributed by atoms with E-state index >= 15 is 0 Å². The number of ether oxygens (including phenoxy) is 1. The van der Waals surface area contributed by atoms with Crippen molar-refractivity contribution in [3.8, 4) is 0 Å². The fourth-order valence-electron chi connectivity index (χ4n) is 3.18. The molecular formula is C24H41N3O3. The normalized spacial score (nSPS) is 12.9. The van der Waals surface area contributed by atoms with Crippen molar-refractivity contribution in [2.24, 2.45) is 11.7 Å². The monoisotopic (exact) mass is 419 g/mol. The summed E-state index contributed by atoms with van der Waals surface area (Å²) in [5.74, 6) is -0.254. The first kappa shape index (κ1) is 26.1. The lowest BCUT2D eigenvalue weighted by Gasteiger charge is -2.21. The van der Waals surface area contributed by atoms with E-state index in [0.717, 1.165) is 50.5 Å². The Labute approximate surface area is 182 Å². The van der Waals surface area contributed by atoms with Crippen LogP contribution in [0.25, 0.3) is 0 Å². The Balaban J connectivity index is 2.34. The molecule has 6 nitrogen and oxygen atoms in total. The molecule has 0 aromatic heterocycles. The third-order valence-electron chi connectivity index (χ3n) is 5.14. The third-order valence-corrected chi connectivity index (χ3v) is 5.14. The van der Waals surface area contributed by atoms with Crippen LogP contribution in [-0.2, 0) is 20.9 Å². The maximum atomic E-state index is 12.6. The van der Waals surface area contributed by atoms with Crippen molar-refractivity contribution in [2.75, 3.05) is 19.7 Å². The van der Waals surface area contributed by atoms with Crippen molar-refractivity contribution in [2.45, 2.75) is 77.9 Å². The number of carbonyl (C=O) groups is 2. The van der Waals surface area contributed by atoms with Gasteiger partial charge < -0.3 is 21.1 Å². The first-order valence-corrected chi connectivity index (χ1v) is 11.5. The Kier molecular flexibility index (Phi) is 14.7. The molecule has 2 amide bonds. The van der Waals surface area contributed by atoms with Gasteiger partial charge in [-0.1, -0.05) is 69.9 Å². The number of unbranched alkanes of at least 4 members (excludes halogenated alkanes) is 3. The van der Waals surface area contributed by atoms with Crippen molar-refractivity contribution in [3.63, 3.8) is 0 Å². The number of carbonyl (C=O) groups excluding carboxylic acids is 2. The number of hydrogen-bond donors (Lipinski definition) is 3. The summed E-state index contributed by atoms with van der Waals surface area (Å²) in [6.45, 7) is 6.39. The van der Waals surface area contributed by atoms with Gasteiger partial charge in [0.2, 0.25) is 11.8 Å². The van der Waals surface area contributed by atoms with E-state index in [4.69, 9.17) is 10.5 Å². The molecule has 6 heteroatoms. The van der Waals surface area contributed by atoms with Crippen LogP contribution in [0.3, 0.4) is 0 Å². The molecule has 0 aliphatic rings. The van der Waals surface area contributed by atoms with Gasteiger partial charge in [-0.15, -0.1) is 0 Å². The van der Waals surface area contributed by atoms with Gasteiger partial charge >= 0.3 is 0 Å². The molecule has 0 spiro atoms. The number of amides is 2. The fourth-order valence-corrected chi connectivity index (χ4v) is 3.18. The lowest BCUT2D eigenvalue weighted by Crippen LogP contribution is -2.48. The highest BCUT2D eigenvalue weighted by Gasteiger charge is 2.22. The van der Waals surface area contributed by atoms with E-state index < -0.39 is 6.04 Å². The second-order valence-electron chi connectivity index (χ2n) is 7.93. The van der Waals surface area contributed by atoms with E-state index in [1.54, 1.807) is 0 Å². The number of nitrogens with two attached hydrogens (primary N) is 1. The molecule has 4 N–H and O–H groups in total. The Morgan fingerprint density at radius 2 is 1.73 bits per heavy atom. The molecule has 0 saturated carbocycles. The molecule has 30 heavy (non-hydrogen) atoms. The highest BCUT2D eigenvalue weighted by atomic mass is 16.5. The average Bonchev–Trinajstić information content (AvgIpc) is 2.76. The maximum Gasteiger partial charge on any atom is 0.242 e. The SMILES string of the molecule is CCCCC[C@@H](NC(=O)[C@@H](C)CCCCN)C(=O)NCCCOCc1ccccc1. The topological polar surface area (TPSA) is 93.5 Å². The molecule has 0 aliphatic heterocycles. The van der Waals surface area contributed by atoms with Gasteiger partial charge in [0.25, 0.3) is 0 Å². The van der Waals surface area contributed by atoms with Crippen LogP contribution in [0, 0.1) is 5.92 Å². The molecule has 0 saturated heterocycles. The van der Waals surface area contributed by atoms with E-state index in [9.17, 15) is 9.59 Å². The summed E-state index contributed by atoms with van der Waals surface area (Å²) in [4.78, 5) is 25.1. The van der Waals surface area contributed by atoms with Gasteiger partial charge in [0.05, 0.1) is 6.61 Å². The van der Waals surface area contributed by atoms with E-state index in [1.807, 2.05) is 37.3 Å². The standard InChI is InChI=1S/C24H41N3O3/c1-3-4-6-15-22(27-23(28)20(2)12-9-10-16-25)24(29)26-17-11-18-30-19-21-13-7-5-8-14-21/h5,7-8,13-14,20,22H,3-4,6,9-12,15-19,25H2,1-2H3,(H,26,29)(H,27,28)/t20-,22+/m0/s1. The highest BCUT2D eigenvalue weighted by molar-refractivity contribution is 5.88. The van der Waals surface area contributed by atoms with Gasteiger partial charge in [-0.25, -0.2) is 0 Å². The zero-order valence-corrected chi connectivity index (χ0v) is 18.8. The van der Waals surface area contributed by atoms with Gasteiger partial charge in [0.1, 0.15) is 6.04 Å². The van der Waals surface area contributed by atoms with Gasteiger partial charge in [0.15, 0.2) is 0 Å². The smallest absolute Gasteiger partial charge is 0.242 e. The predicted octanol–water partition coefficient (Wildman–Crippen LogP) is 3.54. The lowest BCUT2D eigenvalue weighted by atomic mass is 10.0. The minimum absolute atomic E-state index is 0.0464. The quantitative estimate of drug-likeness (QED) is 0.337. The number of rotatable bonds is 17. The largest absolute Gasteiger partial charge is 0.377 e. The average molecular weight is 420 g/mol.